The molecule has 1 aliphatic heterocycles. The molecule has 0 spiro atoms. The summed E-state index contributed by atoms with van der Waals surface area (Å²) in [6.07, 6.45) is 5.90. The Labute approximate surface area is 117 Å². The number of aromatic nitrogens is 1. The Hall–Kier alpha value is -1.09. The fourth-order valence-corrected chi connectivity index (χ4v) is 2.88. The molecule has 0 amide bonds. The van der Waals surface area contributed by atoms with Crippen molar-refractivity contribution in [2.24, 2.45) is 5.92 Å². The second-order valence-corrected chi connectivity index (χ2v) is 5.76. The molecule has 2 rings (SSSR count). The molecule has 0 radical (unpaired) electrons. The maximum Gasteiger partial charge on any atom is 0.213 e. The first-order valence-electron chi connectivity index (χ1n) is 7.53. The van der Waals surface area contributed by atoms with Crippen molar-refractivity contribution in [3.63, 3.8) is 0 Å². The van der Waals surface area contributed by atoms with Gasteiger partial charge in [-0.05, 0) is 37.8 Å². The van der Waals surface area contributed by atoms with Crippen molar-refractivity contribution in [1.29, 1.82) is 0 Å². The van der Waals surface area contributed by atoms with E-state index >= 15 is 0 Å². The molecule has 1 aromatic heterocycles. The largest absolute Gasteiger partial charge is 0.478 e. The third-order valence-corrected chi connectivity index (χ3v) is 3.65. The lowest BCUT2D eigenvalue weighted by Crippen LogP contribution is -2.36. The summed E-state index contributed by atoms with van der Waals surface area (Å²) in [5.41, 5.74) is 1.34. The van der Waals surface area contributed by atoms with Gasteiger partial charge in [0.05, 0.1) is 6.61 Å². The molecule has 1 unspecified atom stereocenters. The van der Waals surface area contributed by atoms with Gasteiger partial charge < -0.3 is 4.74 Å². The van der Waals surface area contributed by atoms with Crippen molar-refractivity contribution in [2.75, 3.05) is 19.7 Å². The molecule has 0 aromatic carbocycles. The minimum absolute atomic E-state index is 0.541. The smallest absolute Gasteiger partial charge is 0.213 e. The normalized spacial score (nSPS) is 20.7. The quantitative estimate of drug-likeness (QED) is 0.809. The minimum Gasteiger partial charge on any atom is -0.478 e. The molecule has 1 fully saturated rings. The molecule has 1 saturated heterocycles. The van der Waals surface area contributed by atoms with Crippen LogP contribution in [0.4, 0.5) is 0 Å². The highest BCUT2D eigenvalue weighted by Crippen LogP contribution is 2.31. The van der Waals surface area contributed by atoms with Gasteiger partial charge in [0.1, 0.15) is 0 Å². The van der Waals surface area contributed by atoms with Crippen LogP contribution in [-0.4, -0.2) is 29.6 Å². The molecule has 0 bridgehead atoms. The van der Waals surface area contributed by atoms with E-state index in [0.717, 1.165) is 11.8 Å². The van der Waals surface area contributed by atoms with E-state index in [4.69, 9.17) is 4.74 Å². The number of piperidine rings is 1. The zero-order valence-corrected chi connectivity index (χ0v) is 12.4. The maximum atomic E-state index is 5.41. The number of hydrogen-bond acceptors (Lipinski definition) is 3. The number of nitrogens with zero attached hydrogens (tertiary/aromatic N) is 2. The molecule has 0 aliphatic carbocycles. The van der Waals surface area contributed by atoms with Crippen LogP contribution in [0.15, 0.2) is 18.3 Å². The molecule has 0 N–H and O–H groups in total. The number of likely N-dealkylation sites (tertiary alicyclic amines) is 1. The molecule has 1 aliphatic rings. The summed E-state index contributed by atoms with van der Waals surface area (Å²) in [6.45, 7) is 9.65. The molecule has 3 nitrogen and oxygen atoms in total. The fourth-order valence-electron chi connectivity index (χ4n) is 2.88. The van der Waals surface area contributed by atoms with E-state index in [1.165, 1.54) is 37.9 Å². The topological polar surface area (TPSA) is 25.4 Å². The molecular weight excluding hydrogens is 236 g/mol. The van der Waals surface area contributed by atoms with Gasteiger partial charge in [0.25, 0.3) is 0 Å². The molecular formula is C16H26N2O. The molecule has 2 heterocycles. The van der Waals surface area contributed by atoms with Crippen LogP contribution in [0.2, 0.25) is 0 Å². The van der Waals surface area contributed by atoms with Crippen LogP contribution in [0, 0.1) is 5.92 Å². The van der Waals surface area contributed by atoms with E-state index in [1.807, 2.05) is 19.2 Å². The Morgan fingerprint density at radius 3 is 2.84 bits per heavy atom. The molecule has 19 heavy (non-hydrogen) atoms. The lowest BCUT2D eigenvalue weighted by Gasteiger charge is -2.37. The van der Waals surface area contributed by atoms with Crippen LogP contribution in [0.1, 0.15) is 51.6 Å². The van der Waals surface area contributed by atoms with Gasteiger partial charge in [-0.1, -0.05) is 26.3 Å². The monoisotopic (exact) mass is 262 g/mol. The summed E-state index contributed by atoms with van der Waals surface area (Å²) in [6, 6.07) is 4.72. The van der Waals surface area contributed by atoms with Gasteiger partial charge in [0, 0.05) is 24.8 Å². The zero-order chi connectivity index (χ0) is 13.7. The van der Waals surface area contributed by atoms with Crippen LogP contribution in [-0.2, 0) is 0 Å². The Morgan fingerprint density at radius 2 is 2.21 bits per heavy atom. The van der Waals surface area contributed by atoms with Crippen LogP contribution in [0.3, 0.4) is 0 Å². The summed E-state index contributed by atoms with van der Waals surface area (Å²) in [7, 11) is 0. The summed E-state index contributed by atoms with van der Waals surface area (Å²) in [5, 5.41) is 0. The molecule has 3 heteroatoms. The van der Waals surface area contributed by atoms with Crippen LogP contribution >= 0.6 is 0 Å². The van der Waals surface area contributed by atoms with E-state index in [-0.39, 0.29) is 0 Å². The number of pyridine rings is 1. The van der Waals surface area contributed by atoms with Crippen molar-refractivity contribution >= 4 is 0 Å². The van der Waals surface area contributed by atoms with Gasteiger partial charge in [-0.2, -0.15) is 0 Å². The van der Waals surface area contributed by atoms with Crippen LogP contribution in [0.25, 0.3) is 0 Å². The van der Waals surface area contributed by atoms with Crippen molar-refractivity contribution in [2.45, 2.75) is 46.1 Å². The van der Waals surface area contributed by atoms with Gasteiger partial charge in [0.2, 0.25) is 5.88 Å². The summed E-state index contributed by atoms with van der Waals surface area (Å²) in [4.78, 5) is 7.02. The molecule has 0 saturated carbocycles. The highest BCUT2D eigenvalue weighted by atomic mass is 16.5. The van der Waals surface area contributed by atoms with Gasteiger partial charge in [-0.3, -0.25) is 4.90 Å². The van der Waals surface area contributed by atoms with E-state index in [0.29, 0.717) is 12.6 Å². The first-order chi connectivity index (χ1) is 9.20. The predicted octanol–water partition coefficient (Wildman–Crippen LogP) is 3.66. The lowest BCUT2D eigenvalue weighted by molar-refractivity contribution is 0.132. The number of rotatable bonds is 5. The standard InChI is InChI=1S/C16H26N2O/c1-4-19-16-9-8-14(11-17-16)15-7-5-6-10-18(15)12-13(2)3/h8-9,11,13,15H,4-7,10,12H2,1-3H3. The highest BCUT2D eigenvalue weighted by Gasteiger charge is 2.24. The predicted molar refractivity (Wildman–Crippen MR) is 78.4 cm³/mol. The average molecular weight is 262 g/mol. The SMILES string of the molecule is CCOc1ccc(C2CCCCN2CC(C)C)cn1. The second-order valence-electron chi connectivity index (χ2n) is 5.76. The molecule has 106 valence electrons. The van der Waals surface area contributed by atoms with Crippen molar-refractivity contribution in [1.82, 2.24) is 9.88 Å². The minimum atomic E-state index is 0.541. The Kier molecular flexibility index (Phi) is 5.20. The summed E-state index contributed by atoms with van der Waals surface area (Å²) >= 11 is 0. The van der Waals surface area contributed by atoms with Gasteiger partial charge in [-0.15, -0.1) is 0 Å². The molecule has 1 atom stereocenters. The number of hydrogen-bond donors (Lipinski definition) is 0. The zero-order valence-electron chi connectivity index (χ0n) is 12.4. The average Bonchev–Trinajstić information content (AvgIpc) is 2.40. The van der Waals surface area contributed by atoms with E-state index in [9.17, 15) is 0 Å². The van der Waals surface area contributed by atoms with Crippen molar-refractivity contribution < 1.29 is 4.74 Å². The summed E-state index contributed by atoms with van der Waals surface area (Å²) < 4.78 is 5.41. The maximum absolute atomic E-state index is 5.41. The first kappa shape index (κ1) is 14.3. The Bertz CT molecular complexity index is 375. The summed E-state index contributed by atoms with van der Waals surface area (Å²) in [5.74, 6) is 1.45. The van der Waals surface area contributed by atoms with Gasteiger partial charge in [0.15, 0.2) is 0 Å². The van der Waals surface area contributed by atoms with E-state index in [1.54, 1.807) is 0 Å². The fraction of sp³-hybridized carbons (Fsp3) is 0.688. The van der Waals surface area contributed by atoms with Crippen LogP contribution < -0.4 is 4.74 Å². The third-order valence-electron chi connectivity index (χ3n) is 3.65. The molecule has 1 aromatic rings. The van der Waals surface area contributed by atoms with Gasteiger partial charge in [-0.25, -0.2) is 4.98 Å². The second kappa shape index (κ2) is 6.90. The third kappa shape index (κ3) is 3.93. The lowest BCUT2D eigenvalue weighted by atomic mass is 9.95. The Balaban J connectivity index is 2.08. The highest BCUT2D eigenvalue weighted by molar-refractivity contribution is 5.21. The Morgan fingerprint density at radius 1 is 1.37 bits per heavy atom. The number of ether oxygens (including phenoxy) is 1. The van der Waals surface area contributed by atoms with Crippen molar-refractivity contribution in [3.05, 3.63) is 23.9 Å². The van der Waals surface area contributed by atoms with E-state index < -0.39 is 0 Å². The van der Waals surface area contributed by atoms with Crippen LogP contribution in [0.5, 0.6) is 5.88 Å². The van der Waals surface area contributed by atoms with Crippen molar-refractivity contribution in [3.8, 4) is 5.88 Å². The van der Waals surface area contributed by atoms with E-state index in [2.05, 4.69) is 29.8 Å². The van der Waals surface area contributed by atoms with Gasteiger partial charge >= 0.3 is 0 Å². The first-order valence-corrected chi connectivity index (χ1v) is 7.53.